The van der Waals surface area contributed by atoms with Crippen LogP contribution in [0.5, 0.6) is 0 Å². The smallest absolute Gasteiger partial charge is 0.248 e. The minimum Gasteiger partial charge on any atom is -0.325 e. The Balaban J connectivity index is 1.34. The molecule has 1 aliphatic carbocycles. The monoisotopic (exact) mass is 686 g/mol. The Morgan fingerprint density at radius 2 is 1.74 bits per heavy atom. The molecular weight excluding hydrogens is 648 g/mol. The number of carbonyl (C=O) groups is 3. The summed E-state index contributed by atoms with van der Waals surface area (Å²) in [5, 5.41) is 8.34. The van der Waals surface area contributed by atoms with E-state index in [2.05, 4.69) is 60.0 Å². The van der Waals surface area contributed by atoms with Crippen LogP contribution in [0.15, 0.2) is 41.3 Å². The van der Waals surface area contributed by atoms with E-state index in [9.17, 15) is 14.4 Å². The van der Waals surface area contributed by atoms with Crippen molar-refractivity contribution in [3.63, 3.8) is 0 Å². The lowest BCUT2D eigenvalue weighted by Crippen LogP contribution is -2.47. The topological polar surface area (TPSA) is 126 Å². The largest absolute Gasteiger partial charge is 0.325 e. The highest BCUT2D eigenvalue weighted by molar-refractivity contribution is 9.10. The Bertz CT molecular complexity index is 1850. The summed E-state index contributed by atoms with van der Waals surface area (Å²) >= 11 is 3.40. The summed E-state index contributed by atoms with van der Waals surface area (Å²) in [7, 11) is 0. The van der Waals surface area contributed by atoms with Gasteiger partial charge in [0.1, 0.15) is 34.5 Å². The number of Topliss-reactive ketones (excluding diaryl/α,β-unsaturated/α-hetero) is 1. The molecule has 0 radical (unpaired) electrons. The van der Waals surface area contributed by atoms with E-state index in [1.54, 1.807) is 22.0 Å². The number of piperidine rings is 1. The molecule has 240 valence electrons. The van der Waals surface area contributed by atoms with Crippen LogP contribution in [0, 0.1) is 26.2 Å². The molecule has 1 saturated carbocycles. The number of nitrogens with zero attached hydrogens (tertiary/aromatic N) is 7. The maximum atomic E-state index is 14.3. The van der Waals surface area contributed by atoms with Gasteiger partial charge in [-0.1, -0.05) is 19.9 Å². The number of likely N-dealkylation sites (tertiary alicyclic amines) is 1. The maximum Gasteiger partial charge on any atom is 0.248 e. The van der Waals surface area contributed by atoms with Crippen LogP contribution in [-0.4, -0.2) is 83.8 Å². The number of pyridine rings is 1. The highest BCUT2D eigenvalue weighted by Gasteiger charge is 2.67. The van der Waals surface area contributed by atoms with Crippen LogP contribution in [0.25, 0.3) is 22.0 Å². The molecule has 2 amide bonds. The van der Waals surface area contributed by atoms with Crippen molar-refractivity contribution in [2.24, 2.45) is 5.41 Å². The summed E-state index contributed by atoms with van der Waals surface area (Å²) < 4.78 is 2.25. The lowest BCUT2D eigenvalue weighted by Gasteiger charge is -2.27. The van der Waals surface area contributed by atoms with Crippen LogP contribution >= 0.6 is 15.9 Å². The van der Waals surface area contributed by atoms with Crippen molar-refractivity contribution in [2.75, 3.05) is 25.0 Å². The number of carbonyl (C=O) groups excluding carboxylic acids is 3. The SMILES string of the molecule is CCN(CC)C[C@]12CC1N(C(=O)Cn1nc(C(C)=O)c3cc(-c4cnc(C)nc4)cc(C)c31)[C@H](C(=O)Nc1nc(Br)ccc1C)C2. The quantitative estimate of drug-likeness (QED) is 0.180. The van der Waals surface area contributed by atoms with Gasteiger partial charge in [0.15, 0.2) is 5.78 Å². The lowest BCUT2D eigenvalue weighted by molar-refractivity contribution is -0.138. The minimum atomic E-state index is -0.648. The van der Waals surface area contributed by atoms with Crippen LogP contribution in [0.1, 0.15) is 61.1 Å². The van der Waals surface area contributed by atoms with Crippen molar-refractivity contribution >= 4 is 50.2 Å². The number of fused-ring (bicyclic) bond motifs is 2. The van der Waals surface area contributed by atoms with E-state index >= 15 is 0 Å². The van der Waals surface area contributed by atoms with Crippen molar-refractivity contribution < 1.29 is 14.4 Å². The van der Waals surface area contributed by atoms with E-state index < -0.39 is 6.04 Å². The number of benzene rings is 1. The molecule has 1 unspecified atom stereocenters. The predicted molar refractivity (Wildman–Crippen MR) is 179 cm³/mol. The third kappa shape index (κ3) is 5.84. The van der Waals surface area contributed by atoms with Gasteiger partial charge in [0, 0.05) is 48.3 Å². The molecule has 12 heteroatoms. The maximum absolute atomic E-state index is 14.3. The molecule has 11 nitrogen and oxygen atoms in total. The molecule has 1 saturated heterocycles. The Kier molecular flexibility index (Phi) is 8.53. The number of nitrogens with one attached hydrogen (secondary N) is 1. The first-order valence-corrected chi connectivity index (χ1v) is 16.5. The zero-order valence-corrected chi connectivity index (χ0v) is 28.7. The van der Waals surface area contributed by atoms with E-state index in [1.807, 2.05) is 45.0 Å². The molecule has 0 spiro atoms. The first-order chi connectivity index (χ1) is 21.9. The van der Waals surface area contributed by atoms with Gasteiger partial charge in [-0.2, -0.15) is 5.10 Å². The molecule has 0 bridgehead atoms. The normalized spacial score (nSPS) is 20.3. The van der Waals surface area contributed by atoms with Gasteiger partial charge >= 0.3 is 0 Å². The van der Waals surface area contributed by atoms with E-state index in [0.717, 1.165) is 53.8 Å². The number of aromatic nitrogens is 5. The summed E-state index contributed by atoms with van der Waals surface area (Å²) in [6, 6.07) is 6.93. The summed E-state index contributed by atoms with van der Waals surface area (Å²) in [5.41, 5.74) is 4.28. The number of anilines is 1. The number of amides is 2. The average Bonchev–Trinajstić information content (AvgIpc) is 3.41. The van der Waals surface area contributed by atoms with E-state index in [1.165, 1.54) is 6.92 Å². The van der Waals surface area contributed by atoms with Crippen molar-refractivity contribution in [1.82, 2.24) is 34.5 Å². The number of halogens is 1. The second-order valence-corrected chi connectivity index (χ2v) is 13.4. The summed E-state index contributed by atoms with van der Waals surface area (Å²) in [6.45, 7) is 14.0. The van der Waals surface area contributed by atoms with E-state index in [0.29, 0.717) is 33.7 Å². The number of hydrogen-bond acceptors (Lipinski definition) is 8. The van der Waals surface area contributed by atoms with Gasteiger partial charge < -0.3 is 15.1 Å². The van der Waals surface area contributed by atoms with Crippen LogP contribution in [0.3, 0.4) is 0 Å². The van der Waals surface area contributed by atoms with E-state index in [4.69, 9.17) is 0 Å². The Morgan fingerprint density at radius 1 is 1.02 bits per heavy atom. The van der Waals surface area contributed by atoms with Crippen molar-refractivity contribution in [3.05, 3.63) is 63.9 Å². The predicted octanol–water partition coefficient (Wildman–Crippen LogP) is 5.12. The Hall–Kier alpha value is -4.03. The number of hydrogen-bond donors (Lipinski definition) is 1. The molecule has 4 aromatic rings. The molecule has 1 aromatic carbocycles. The zero-order valence-electron chi connectivity index (χ0n) is 27.1. The van der Waals surface area contributed by atoms with Gasteiger partial charge in [-0.05, 0) is 97.5 Å². The second kappa shape index (κ2) is 12.3. The van der Waals surface area contributed by atoms with Crippen LogP contribution in [0.4, 0.5) is 5.82 Å². The fourth-order valence-corrected chi connectivity index (χ4v) is 7.29. The fraction of sp³-hybridized carbons (Fsp3) is 0.441. The molecule has 3 aromatic heterocycles. The molecule has 6 rings (SSSR count). The first kappa shape index (κ1) is 31.9. The van der Waals surface area contributed by atoms with Crippen LogP contribution in [0.2, 0.25) is 0 Å². The molecular formula is C34H39BrN8O3. The van der Waals surface area contributed by atoms with E-state index in [-0.39, 0.29) is 35.6 Å². The van der Waals surface area contributed by atoms with Gasteiger partial charge in [-0.3, -0.25) is 19.1 Å². The van der Waals surface area contributed by atoms with Gasteiger partial charge in [0.2, 0.25) is 11.8 Å². The van der Waals surface area contributed by atoms with Gasteiger partial charge in [0.05, 0.1) is 5.52 Å². The third-order valence-corrected chi connectivity index (χ3v) is 9.96. The van der Waals surface area contributed by atoms with Crippen molar-refractivity contribution in [3.8, 4) is 11.1 Å². The number of aryl methyl sites for hydroxylation is 3. The van der Waals surface area contributed by atoms with Gasteiger partial charge in [-0.15, -0.1) is 0 Å². The molecule has 2 aliphatic rings. The second-order valence-electron chi connectivity index (χ2n) is 12.6. The average molecular weight is 688 g/mol. The number of rotatable bonds is 10. The highest BCUT2D eigenvalue weighted by Crippen LogP contribution is 2.60. The summed E-state index contributed by atoms with van der Waals surface area (Å²) in [4.78, 5) is 58.2. The third-order valence-electron chi connectivity index (χ3n) is 9.51. The number of ketones is 1. The molecule has 3 atom stereocenters. The molecule has 1 N–H and O–H groups in total. The molecule has 1 aliphatic heterocycles. The van der Waals surface area contributed by atoms with Crippen molar-refractivity contribution in [1.29, 1.82) is 0 Å². The molecule has 46 heavy (non-hydrogen) atoms. The summed E-state index contributed by atoms with van der Waals surface area (Å²) in [6.07, 6.45) is 4.95. The Labute approximate surface area is 276 Å². The minimum absolute atomic E-state index is 0.0451. The Morgan fingerprint density at radius 3 is 2.41 bits per heavy atom. The van der Waals surface area contributed by atoms with Crippen molar-refractivity contribution in [2.45, 2.75) is 73.0 Å². The molecule has 2 fully saturated rings. The molecule has 4 heterocycles. The van der Waals surface area contributed by atoms with Crippen LogP contribution < -0.4 is 5.32 Å². The lowest BCUT2D eigenvalue weighted by atomic mass is 9.98. The zero-order chi connectivity index (χ0) is 32.9. The first-order valence-electron chi connectivity index (χ1n) is 15.7. The fourth-order valence-electron chi connectivity index (χ4n) is 6.98. The highest BCUT2D eigenvalue weighted by atomic mass is 79.9. The van der Waals surface area contributed by atoms with Gasteiger partial charge in [-0.25, -0.2) is 15.0 Å². The van der Waals surface area contributed by atoms with Crippen LogP contribution in [-0.2, 0) is 16.1 Å². The van der Waals surface area contributed by atoms with Gasteiger partial charge in [0.25, 0.3) is 0 Å². The standard InChI is InChI=1S/C34H39BrN8O3/c1-7-41(8-2)18-34-13-26(33(46)39-32-19(3)9-10-28(35)38-32)43(27(34)14-34)29(45)17-42-31-20(4)11-23(24-15-36-22(6)37-16-24)12-25(31)30(40-42)21(5)44/h9-12,15-16,26-27H,7-8,13-14,17-18H2,1-6H3,(H,38,39,46)/t26-,27?,34-/m0/s1. The summed E-state index contributed by atoms with van der Waals surface area (Å²) in [5.74, 6) is 0.511.